The van der Waals surface area contributed by atoms with E-state index in [1.165, 1.54) is 6.20 Å². The van der Waals surface area contributed by atoms with E-state index < -0.39 is 16.8 Å². The first-order valence-electron chi connectivity index (χ1n) is 8.16. The van der Waals surface area contributed by atoms with Crippen molar-refractivity contribution >= 4 is 21.8 Å². The summed E-state index contributed by atoms with van der Waals surface area (Å²) in [6, 6.07) is 5.90. The van der Waals surface area contributed by atoms with E-state index in [2.05, 4.69) is 14.6 Å². The highest BCUT2D eigenvalue weighted by atomic mass is 32.2. The summed E-state index contributed by atoms with van der Waals surface area (Å²) in [5.74, 6) is 0.178. The normalized spacial score (nSPS) is 30.0. The van der Waals surface area contributed by atoms with Crippen LogP contribution in [-0.4, -0.2) is 38.2 Å². The Morgan fingerprint density at radius 2 is 2.22 bits per heavy atom. The Balaban J connectivity index is 1.60. The average Bonchev–Trinajstić information content (AvgIpc) is 3.11. The van der Waals surface area contributed by atoms with Crippen molar-refractivity contribution in [2.75, 3.05) is 13.1 Å². The molecule has 3 fully saturated rings. The predicted molar refractivity (Wildman–Crippen MR) is 86.7 cm³/mol. The van der Waals surface area contributed by atoms with Gasteiger partial charge in [-0.25, -0.2) is 12.9 Å². The van der Waals surface area contributed by atoms with E-state index in [-0.39, 0.29) is 5.54 Å². The molecule has 1 aromatic heterocycles. The monoisotopic (exact) mass is 331 g/mol. The van der Waals surface area contributed by atoms with Crippen LogP contribution in [0.4, 0.5) is 4.39 Å². The van der Waals surface area contributed by atoms with Crippen molar-refractivity contribution in [1.29, 1.82) is 0 Å². The van der Waals surface area contributed by atoms with Gasteiger partial charge in [0, 0.05) is 35.1 Å². The second-order valence-electron chi connectivity index (χ2n) is 6.87. The quantitative estimate of drug-likeness (QED) is 0.918. The molecular formula is C17H18FN3OS. The topological polar surface area (TPSA) is 45.2 Å². The van der Waals surface area contributed by atoms with Crippen LogP contribution in [0.25, 0.3) is 10.8 Å². The van der Waals surface area contributed by atoms with Crippen LogP contribution in [0.1, 0.15) is 19.3 Å². The fourth-order valence-corrected chi connectivity index (χ4v) is 6.25. The van der Waals surface area contributed by atoms with Crippen LogP contribution in [0.3, 0.4) is 0 Å². The van der Waals surface area contributed by atoms with Gasteiger partial charge in [-0.15, -0.1) is 0 Å². The first kappa shape index (κ1) is 14.0. The number of nitrogens with zero attached hydrogens (tertiary/aromatic N) is 2. The van der Waals surface area contributed by atoms with Crippen molar-refractivity contribution in [2.24, 2.45) is 5.92 Å². The van der Waals surface area contributed by atoms with Crippen molar-refractivity contribution in [3.05, 3.63) is 36.4 Å². The summed E-state index contributed by atoms with van der Waals surface area (Å²) in [6.45, 7) is 1.90. The third-order valence-electron chi connectivity index (χ3n) is 5.68. The second kappa shape index (κ2) is 4.82. The maximum atomic E-state index is 14.3. The minimum absolute atomic E-state index is 0.0255. The molecule has 6 heteroatoms. The molecule has 23 heavy (non-hydrogen) atoms. The lowest BCUT2D eigenvalue weighted by Crippen LogP contribution is -2.44. The van der Waals surface area contributed by atoms with E-state index in [9.17, 15) is 8.60 Å². The zero-order valence-electron chi connectivity index (χ0n) is 12.7. The number of aromatic nitrogens is 1. The van der Waals surface area contributed by atoms with Crippen LogP contribution in [0.15, 0.2) is 35.5 Å². The van der Waals surface area contributed by atoms with Crippen molar-refractivity contribution < 1.29 is 8.60 Å². The molecule has 2 aromatic rings. The van der Waals surface area contributed by atoms with E-state index in [0.29, 0.717) is 27.6 Å². The summed E-state index contributed by atoms with van der Waals surface area (Å²) >= 11 is 0. The highest BCUT2D eigenvalue weighted by molar-refractivity contribution is 7.83. The summed E-state index contributed by atoms with van der Waals surface area (Å²) < 4.78 is 29.8. The lowest BCUT2D eigenvalue weighted by atomic mass is 9.99. The molecule has 3 atom stereocenters. The predicted octanol–water partition coefficient (Wildman–Crippen LogP) is 2.22. The number of hydrogen-bond acceptors (Lipinski definition) is 3. The highest BCUT2D eigenvalue weighted by Gasteiger charge is 2.64. The molecule has 2 aliphatic heterocycles. The van der Waals surface area contributed by atoms with E-state index in [4.69, 9.17) is 0 Å². The van der Waals surface area contributed by atoms with Gasteiger partial charge in [0.15, 0.2) is 5.82 Å². The van der Waals surface area contributed by atoms with Crippen molar-refractivity contribution in [2.45, 2.75) is 35.7 Å². The van der Waals surface area contributed by atoms with Crippen LogP contribution in [0, 0.1) is 11.7 Å². The molecule has 1 aliphatic carbocycles. The Morgan fingerprint density at radius 1 is 1.35 bits per heavy atom. The third-order valence-corrected chi connectivity index (χ3v) is 7.31. The first-order chi connectivity index (χ1) is 11.2. The van der Waals surface area contributed by atoms with Gasteiger partial charge in [-0.1, -0.05) is 12.1 Å². The van der Waals surface area contributed by atoms with Crippen LogP contribution in [0.5, 0.6) is 0 Å². The number of halogens is 1. The molecule has 4 nitrogen and oxygen atoms in total. The van der Waals surface area contributed by atoms with Gasteiger partial charge in [-0.3, -0.25) is 4.98 Å². The van der Waals surface area contributed by atoms with Crippen LogP contribution in [0.2, 0.25) is 0 Å². The van der Waals surface area contributed by atoms with Gasteiger partial charge in [-0.05, 0) is 37.8 Å². The summed E-state index contributed by atoms with van der Waals surface area (Å²) in [5.41, 5.74) is 0.0255. The molecule has 1 saturated carbocycles. The summed E-state index contributed by atoms with van der Waals surface area (Å²) in [6.07, 6.45) is 6.15. The zero-order chi connectivity index (χ0) is 15.6. The Morgan fingerprint density at radius 3 is 3.04 bits per heavy atom. The first-order valence-corrected chi connectivity index (χ1v) is 9.26. The summed E-state index contributed by atoms with van der Waals surface area (Å²) in [7, 11) is -1.33. The molecule has 0 radical (unpaired) electrons. The van der Waals surface area contributed by atoms with Gasteiger partial charge in [-0.2, -0.15) is 0 Å². The van der Waals surface area contributed by atoms with Gasteiger partial charge < -0.3 is 5.32 Å². The Labute approximate surface area is 136 Å². The number of rotatable bonds is 2. The van der Waals surface area contributed by atoms with Crippen LogP contribution in [-0.2, 0) is 11.0 Å². The largest absolute Gasteiger partial charge is 0.312 e. The van der Waals surface area contributed by atoms with Gasteiger partial charge in [0.05, 0.1) is 11.1 Å². The number of fused-ring (bicyclic) bond motifs is 3. The van der Waals surface area contributed by atoms with Crippen molar-refractivity contribution in [3.8, 4) is 0 Å². The van der Waals surface area contributed by atoms with E-state index in [0.717, 1.165) is 32.4 Å². The fourth-order valence-electron chi connectivity index (χ4n) is 4.48. The fraction of sp³-hybridized carbons (Fsp3) is 0.471. The van der Waals surface area contributed by atoms with E-state index in [1.807, 2.05) is 12.1 Å². The molecule has 3 aliphatic rings. The number of benzene rings is 1. The highest BCUT2D eigenvalue weighted by Crippen LogP contribution is 2.55. The molecule has 1 aromatic carbocycles. The van der Waals surface area contributed by atoms with Gasteiger partial charge in [0.25, 0.3) is 0 Å². The molecule has 1 spiro atoms. The molecule has 0 amide bonds. The Bertz CT molecular complexity index is 817. The molecule has 120 valence electrons. The van der Waals surface area contributed by atoms with Crippen LogP contribution < -0.4 is 5.32 Å². The SMILES string of the molecule is O=S(c1cccc2cncc(F)c12)N1CC2CCNC2C12CC2. The zero-order valence-corrected chi connectivity index (χ0v) is 13.5. The Kier molecular flexibility index (Phi) is 2.93. The maximum absolute atomic E-state index is 14.3. The smallest absolute Gasteiger partial charge is 0.150 e. The molecule has 3 heterocycles. The maximum Gasteiger partial charge on any atom is 0.150 e. The van der Waals surface area contributed by atoms with Gasteiger partial charge in [0.2, 0.25) is 0 Å². The van der Waals surface area contributed by atoms with Crippen molar-refractivity contribution in [3.63, 3.8) is 0 Å². The lowest BCUT2D eigenvalue weighted by molar-refractivity contribution is 0.350. The minimum atomic E-state index is -1.33. The molecule has 5 rings (SSSR count). The molecule has 2 saturated heterocycles. The minimum Gasteiger partial charge on any atom is -0.312 e. The number of hydrogen-bond donors (Lipinski definition) is 1. The van der Waals surface area contributed by atoms with E-state index >= 15 is 0 Å². The third kappa shape index (κ3) is 1.89. The summed E-state index contributed by atoms with van der Waals surface area (Å²) in [5, 5.41) is 4.75. The van der Waals surface area contributed by atoms with Gasteiger partial charge >= 0.3 is 0 Å². The van der Waals surface area contributed by atoms with E-state index in [1.54, 1.807) is 12.3 Å². The van der Waals surface area contributed by atoms with Gasteiger partial charge in [0.1, 0.15) is 11.0 Å². The Hall–Kier alpha value is -1.37. The molecule has 0 bridgehead atoms. The van der Waals surface area contributed by atoms with Crippen molar-refractivity contribution in [1.82, 2.24) is 14.6 Å². The average molecular weight is 331 g/mol. The second-order valence-corrected chi connectivity index (χ2v) is 8.25. The number of pyridine rings is 1. The summed E-state index contributed by atoms with van der Waals surface area (Å²) in [4.78, 5) is 4.48. The lowest BCUT2D eigenvalue weighted by Gasteiger charge is -2.27. The van der Waals surface area contributed by atoms with Crippen LogP contribution >= 0.6 is 0 Å². The molecular weight excluding hydrogens is 313 g/mol. The number of nitrogens with one attached hydrogen (secondary N) is 1. The standard InChI is InChI=1S/C17H18FN3OS/c18-13-9-19-8-11-2-1-3-14(15(11)13)23(22)21-10-12-4-7-20-16(12)17(21)5-6-17/h1-3,8-9,12,16,20H,4-7,10H2. The molecule has 3 unspecified atom stereocenters. The molecule has 1 N–H and O–H groups in total.